The summed E-state index contributed by atoms with van der Waals surface area (Å²) >= 11 is 0. The topological polar surface area (TPSA) is 64.7 Å². The van der Waals surface area contributed by atoms with Crippen LogP contribution in [0.3, 0.4) is 0 Å². The maximum Gasteiger partial charge on any atom is 0.435 e. The molecular weight excluding hydrogens is 395 g/mol. The largest absolute Gasteiger partial charge is 0.435 e. The van der Waals surface area contributed by atoms with Crippen LogP contribution in [0.1, 0.15) is 46.9 Å². The number of halogens is 3. The zero-order valence-electron chi connectivity index (χ0n) is 17.5. The summed E-state index contributed by atoms with van der Waals surface area (Å²) in [5.41, 5.74) is 3.45. The van der Waals surface area contributed by atoms with Crippen molar-refractivity contribution >= 4 is 11.6 Å². The van der Waals surface area contributed by atoms with Crippen molar-refractivity contribution in [2.75, 3.05) is 5.32 Å². The minimum absolute atomic E-state index is 0.258. The van der Waals surface area contributed by atoms with Crippen molar-refractivity contribution in [2.24, 2.45) is 0 Å². The molecule has 0 radical (unpaired) electrons. The molecule has 30 heavy (non-hydrogen) atoms. The van der Waals surface area contributed by atoms with Gasteiger partial charge in [-0.1, -0.05) is 24.3 Å². The molecule has 160 valence electrons. The molecule has 0 fully saturated rings. The number of carbonyl (C=O) groups excluding carboxylic acids is 1. The Morgan fingerprint density at radius 2 is 1.80 bits per heavy atom. The van der Waals surface area contributed by atoms with E-state index in [1.807, 2.05) is 38.1 Å². The molecular formula is C21H24F3N5O. The fourth-order valence-electron chi connectivity index (χ4n) is 3.34. The lowest BCUT2D eigenvalue weighted by Crippen LogP contribution is -2.26. The predicted octanol–water partition coefficient (Wildman–Crippen LogP) is 4.58. The number of carbonyl (C=O) groups is 1. The first-order valence-electron chi connectivity index (χ1n) is 9.51. The van der Waals surface area contributed by atoms with Crippen LogP contribution in [0.2, 0.25) is 0 Å². The van der Waals surface area contributed by atoms with Crippen molar-refractivity contribution in [3.8, 4) is 0 Å². The summed E-state index contributed by atoms with van der Waals surface area (Å²) in [7, 11) is 0. The van der Waals surface area contributed by atoms with Crippen molar-refractivity contribution in [1.82, 2.24) is 19.6 Å². The molecule has 1 N–H and O–H groups in total. The van der Waals surface area contributed by atoms with Gasteiger partial charge in [0, 0.05) is 5.69 Å². The zero-order chi connectivity index (χ0) is 22.2. The molecule has 0 aliphatic rings. The van der Waals surface area contributed by atoms with Crippen molar-refractivity contribution < 1.29 is 18.0 Å². The molecule has 0 spiro atoms. The highest BCUT2D eigenvalue weighted by Crippen LogP contribution is 2.30. The number of nitrogens with one attached hydrogen (secondary N) is 1. The maximum atomic E-state index is 12.9. The second-order valence-corrected chi connectivity index (χ2v) is 7.41. The van der Waals surface area contributed by atoms with E-state index in [1.165, 1.54) is 13.8 Å². The molecule has 6 nitrogen and oxygen atoms in total. The van der Waals surface area contributed by atoms with Crippen molar-refractivity contribution in [3.63, 3.8) is 0 Å². The van der Waals surface area contributed by atoms with E-state index in [0.29, 0.717) is 17.9 Å². The number of hydrogen-bond acceptors (Lipinski definition) is 3. The van der Waals surface area contributed by atoms with E-state index in [0.717, 1.165) is 27.6 Å². The van der Waals surface area contributed by atoms with E-state index in [-0.39, 0.29) is 5.69 Å². The highest BCUT2D eigenvalue weighted by Gasteiger charge is 2.35. The minimum Gasteiger partial charge on any atom is -0.321 e. The van der Waals surface area contributed by atoms with Crippen LogP contribution in [0.4, 0.5) is 18.9 Å². The van der Waals surface area contributed by atoms with Gasteiger partial charge in [0.05, 0.1) is 23.6 Å². The second kappa shape index (κ2) is 7.97. The van der Waals surface area contributed by atoms with Gasteiger partial charge in [0.15, 0.2) is 5.69 Å². The summed E-state index contributed by atoms with van der Waals surface area (Å²) in [5.74, 6) is -0.462. The average molecular weight is 419 g/mol. The van der Waals surface area contributed by atoms with Gasteiger partial charge >= 0.3 is 6.18 Å². The molecule has 1 atom stereocenters. The number of nitrogens with zero attached hydrogens (tertiary/aromatic N) is 4. The van der Waals surface area contributed by atoms with Crippen LogP contribution in [-0.2, 0) is 17.5 Å². The van der Waals surface area contributed by atoms with E-state index in [2.05, 4.69) is 15.5 Å². The van der Waals surface area contributed by atoms with Crippen LogP contribution in [0, 0.1) is 27.7 Å². The van der Waals surface area contributed by atoms with Gasteiger partial charge in [-0.25, -0.2) is 0 Å². The number of hydrogen-bond donors (Lipinski definition) is 1. The lowest BCUT2D eigenvalue weighted by atomic mass is 10.1. The lowest BCUT2D eigenvalue weighted by Gasteiger charge is -2.15. The molecule has 1 unspecified atom stereocenters. The Hall–Kier alpha value is -3.10. The van der Waals surface area contributed by atoms with E-state index >= 15 is 0 Å². The Balaban J connectivity index is 1.81. The first-order chi connectivity index (χ1) is 14.0. The van der Waals surface area contributed by atoms with E-state index in [4.69, 9.17) is 0 Å². The minimum atomic E-state index is -4.56. The molecule has 2 aromatic heterocycles. The van der Waals surface area contributed by atoms with Gasteiger partial charge < -0.3 is 5.32 Å². The number of aryl methyl sites for hydroxylation is 3. The average Bonchev–Trinajstić information content (AvgIpc) is 3.18. The first-order valence-corrected chi connectivity index (χ1v) is 9.51. The third-order valence-electron chi connectivity index (χ3n) is 5.17. The van der Waals surface area contributed by atoms with Gasteiger partial charge in [-0.15, -0.1) is 0 Å². The van der Waals surface area contributed by atoms with E-state index in [9.17, 15) is 18.0 Å². The molecule has 0 bridgehead atoms. The molecule has 0 aliphatic heterocycles. The van der Waals surface area contributed by atoms with Crippen LogP contribution < -0.4 is 5.32 Å². The molecule has 9 heteroatoms. The molecule has 0 saturated carbocycles. The highest BCUT2D eigenvalue weighted by atomic mass is 19.4. The van der Waals surface area contributed by atoms with Gasteiger partial charge in [-0.2, -0.15) is 23.4 Å². The summed E-state index contributed by atoms with van der Waals surface area (Å²) in [6, 6.07) is 7.98. The molecule has 0 aliphatic carbocycles. The summed E-state index contributed by atoms with van der Waals surface area (Å²) in [5, 5.41) is 10.9. The molecule has 0 saturated heterocycles. The second-order valence-electron chi connectivity index (χ2n) is 7.41. The SMILES string of the molecule is Cc1ccccc1Cn1nc(C)c(NC(=O)C(C)n2nc(C(F)(F)F)cc2C)c1C. The number of amides is 1. The maximum absolute atomic E-state index is 12.9. The fraction of sp³-hybridized carbons (Fsp3) is 0.381. The smallest absolute Gasteiger partial charge is 0.321 e. The highest BCUT2D eigenvalue weighted by molar-refractivity contribution is 5.94. The molecule has 3 rings (SSSR count). The van der Waals surface area contributed by atoms with Gasteiger partial charge in [-0.3, -0.25) is 14.2 Å². The van der Waals surface area contributed by atoms with Crippen LogP contribution in [-0.4, -0.2) is 25.5 Å². The molecule has 1 aromatic carbocycles. The van der Waals surface area contributed by atoms with Crippen LogP contribution in [0.25, 0.3) is 0 Å². The number of benzene rings is 1. The third kappa shape index (κ3) is 4.24. The summed E-state index contributed by atoms with van der Waals surface area (Å²) in [4.78, 5) is 12.8. The van der Waals surface area contributed by atoms with Crippen LogP contribution >= 0.6 is 0 Å². The normalized spacial score (nSPS) is 12.8. The Kier molecular flexibility index (Phi) is 5.74. The standard InChI is InChI=1S/C21H24F3N5O/c1-12-8-6-7-9-17(12)11-28-15(4)19(14(3)26-28)25-20(30)16(5)29-13(2)10-18(27-29)21(22,23)24/h6-10,16H,11H2,1-5H3,(H,25,30). The zero-order valence-corrected chi connectivity index (χ0v) is 17.5. The Bertz CT molecular complexity index is 1080. The number of anilines is 1. The van der Waals surface area contributed by atoms with Gasteiger partial charge in [0.25, 0.3) is 0 Å². The summed E-state index contributed by atoms with van der Waals surface area (Å²) in [6.45, 7) is 9.20. The van der Waals surface area contributed by atoms with Crippen LogP contribution in [0.15, 0.2) is 30.3 Å². The van der Waals surface area contributed by atoms with Gasteiger partial charge in [-0.05, 0) is 51.8 Å². The van der Waals surface area contributed by atoms with E-state index in [1.54, 1.807) is 11.6 Å². The van der Waals surface area contributed by atoms with Crippen molar-refractivity contribution in [1.29, 1.82) is 0 Å². The number of aromatic nitrogens is 4. The summed E-state index contributed by atoms with van der Waals surface area (Å²) < 4.78 is 41.7. The molecule has 3 aromatic rings. The lowest BCUT2D eigenvalue weighted by molar-refractivity contribution is -0.141. The molecule has 2 heterocycles. The Labute approximate surface area is 172 Å². The fourth-order valence-corrected chi connectivity index (χ4v) is 3.34. The third-order valence-corrected chi connectivity index (χ3v) is 5.17. The first kappa shape index (κ1) is 21.6. The molecule has 1 amide bonds. The Morgan fingerprint density at radius 1 is 1.13 bits per heavy atom. The predicted molar refractivity (Wildman–Crippen MR) is 107 cm³/mol. The summed E-state index contributed by atoms with van der Waals surface area (Å²) in [6.07, 6.45) is -4.56. The number of rotatable bonds is 5. The number of alkyl halides is 3. The van der Waals surface area contributed by atoms with Gasteiger partial charge in [0.1, 0.15) is 6.04 Å². The quantitative estimate of drug-likeness (QED) is 0.658. The Morgan fingerprint density at radius 3 is 2.40 bits per heavy atom. The monoisotopic (exact) mass is 419 g/mol. The van der Waals surface area contributed by atoms with Crippen molar-refractivity contribution in [3.05, 3.63) is 64.2 Å². The van der Waals surface area contributed by atoms with Gasteiger partial charge in [0.2, 0.25) is 5.91 Å². The van der Waals surface area contributed by atoms with Crippen LogP contribution in [0.5, 0.6) is 0 Å². The van der Waals surface area contributed by atoms with Crippen molar-refractivity contribution in [2.45, 2.75) is 53.4 Å². The van der Waals surface area contributed by atoms with E-state index < -0.39 is 23.8 Å².